The van der Waals surface area contributed by atoms with Crippen LogP contribution in [-0.2, 0) is 13.8 Å². The van der Waals surface area contributed by atoms with Gasteiger partial charge in [0.05, 0.1) is 0 Å². The van der Waals surface area contributed by atoms with Crippen molar-refractivity contribution in [1.82, 2.24) is 10.2 Å². The molecule has 6 nitrogen and oxygen atoms in total. The van der Waals surface area contributed by atoms with Crippen LogP contribution in [0.1, 0.15) is 68.6 Å². The topological polar surface area (TPSA) is 75.7 Å². The number of hydrogen-bond acceptors (Lipinski definition) is 5. The van der Waals surface area contributed by atoms with Gasteiger partial charge in [0, 0.05) is 24.2 Å². The standard InChI is InChI=1S/C23H32N2O4S/c1-2-3-14-25(23-20(26)16-29-30-23)22(28)19(15-17-10-6-4-7-11-17)24-21(27)18-12-8-5-9-13-18/h5,8-9,12-13,17,19,23H,2-4,6-7,10-11,14-16H2,1H3,(H,24,27)/t19-,23+/m0/s1. The summed E-state index contributed by atoms with van der Waals surface area (Å²) in [6.07, 6.45) is 8.08. The van der Waals surface area contributed by atoms with Crippen LogP contribution in [0.3, 0.4) is 0 Å². The lowest BCUT2D eigenvalue weighted by atomic mass is 9.84. The zero-order valence-corrected chi connectivity index (χ0v) is 18.5. The lowest BCUT2D eigenvalue weighted by molar-refractivity contribution is -0.138. The van der Waals surface area contributed by atoms with Gasteiger partial charge in [-0.15, -0.1) is 0 Å². The highest BCUT2D eigenvalue weighted by Gasteiger charge is 2.39. The van der Waals surface area contributed by atoms with E-state index in [2.05, 4.69) is 12.2 Å². The Morgan fingerprint density at radius 2 is 1.93 bits per heavy atom. The minimum atomic E-state index is -0.633. The summed E-state index contributed by atoms with van der Waals surface area (Å²) in [4.78, 5) is 40.4. The zero-order valence-electron chi connectivity index (χ0n) is 17.7. The van der Waals surface area contributed by atoms with Crippen LogP contribution < -0.4 is 5.32 Å². The Labute approximate surface area is 183 Å². The molecule has 164 valence electrons. The Bertz CT molecular complexity index is 721. The molecule has 2 amide bonds. The Kier molecular flexibility index (Phi) is 8.75. The van der Waals surface area contributed by atoms with E-state index in [1.165, 1.54) is 19.3 Å². The maximum absolute atomic E-state index is 13.6. The number of carbonyl (C=O) groups is 3. The van der Waals surface area contributed by atoms with E-state index in [0.29, 0.717) is 24.4 Å². The van der Waals surface area contributed by atoms with Crippen molar-refractivity contribution >= 4 is 29.6 Å². The number of nitrogens with one attached hydrogen (secondary N) is 1. The van der Waals surface area contributed by atoms with Crippen molar-refractivity contribution in [3.8, 4) is 0 Å². The van der Waals surface area contributed by atoms with Crippen LogP contribution in [0.2, 0.25) is 0 Å². The van der Waals surface area contributed by atoms with Crippen LogP contribution in [-0.4, -0.2) is 47.1 Å². The summed E-state index contributed by atoms with van der Waals surface area (Å²) in [6.45, 7) is 2.57. The fraction of sp³-hybridized carbons (Fsp3) is 0.609. The van der Waals surface area contributed by atoms with E-state index in [4.69, 9.17) is 4.18 Å². The molecule has 0 bridgehead atoms. The predicted molar refractivity (Wildman–Crippen MR) is 118 cm³/mol. The molecule has 1 aliphatic carbocycles. The number of carbonyl (C=O) groups excluding carboxylic acids is 3. The van der Waals surface area contributed by atoms with Crippen molar-refractivity contribution in [2.24, 2.45) is 5.92 Å². The summed E-state index contributed by atoms with van der Waals surface area (Å²) in [6, 6.07) is 8.34. The summed E-state index contributed by atoms with van der Waals surface area (Å²) >= 11 is 1.06. The highest BCUT2D eigenvalue weighted by atomic mass is 32.2. The van der Waals surface area contributed by atoms with Gasteiger partial charge in [0.25, 0.3) is 5.91 Å². The van der Waals surface area contributed by atoms with Gasteiger partial charge in [-0.3, -0.25) is 14.4 Å². The maximum Gasteiger partial charge on any atom is 0.251 e. The summed E-state index contributed by atoms with van der Waals surface area (Å²) < 4.78 is 5.25. The zero-order chi connectivity index (χ0) is 21.3. The molecule has 1 saturated heterocycles. The van der Waals surface area contributed by atoms with E-state index in [1.54, 1.807) is 17.0 Å². The number of hydrogen-bond donors (Lipinski definition) is 1. The second-order valence-corrected chi connectivity index (χ2v) is 9.07. The van der Waals surface area contributed by atoms with Crippen molar-refractivity contribution in [3.63, 3.8) is 0 Å². The molecule has 1 aromatic carbocycles. The molecule has 0 spiro atoms. The second kappa shape index (κ2) is 11.5. The molecule has 1 saturated carbocycles. The molecule has 2 aliphatic rings. The molecule has 7 heteroatoms. The molecule has 1 aliphatic heterocycles. The van der Waals surface area contributed by atoms with Crippen molar-refractivity contribution in [2.45, 2.75) is 69.7 Å². The molecule has 2 fully saturated rings. The van der Waals surface area contributed by atoms with Crippen LogP contribution in [0.25, 0.3) is 0 Å². The van der Waals surface area contributed by atoms with Crippen molar-refractivity contribution in [2.75, 3.05) is 13.2 Å². The fourth-order valence-corrected chi connectivity index (χ4v) is 4.99. The van der Waals surface area contributed by atoms with E-state index in [-0.39, 0.29) is 24.2 Å². The van der Waals surface area contributed by atoms with E-state index in [0.717, 1.165) is 37.7 Å². The number of ketones is 1. The molecule has 1 heterocycles. The molecule has 1 N–H and O–H groups in total. The van der Waals surface area contributed by atoms with Gasteiger partial charge >= 0.3 is 0 Å². The Balaban J connectivity index is 1.79. The average molecular weight is 433 g/mol. The Morgan fingerprint density at radius 3 is 2.57 bits per heavy atom. The van der Waals surface area contributed by atoms with Crippen molar-refractivity contribution in [1.29, 1.82) is 0 Å². The summed E-state index contributed by atoms with van der Waals surface area (Å²) in [5, 5.41) is 2.37. The number of amides is 2. The monoisotopic (exact) mass is 432 g/mol. The van der Waals surface area contributed by atoms with Crippen LogP contribution in [0.15, 0.2) is 30.3 Å². The number of nitrogens with zero attached hydrogens (tertiary/aromatic N) is 1. The van der Waals surface area contributed by atoms with Gasteiger partial charge < -0.3 is 14.4 Å². The summed E-state index contributed by atoms with van der Waals surface area (Å²) in [5.41, 5.74) is 0.536. The van der Waals surface area contributed by atoms with E-state index in [9.17, 15) is 14.4 Å². The van der Waals surface area contributed by atoms with E-state index >= 15 is 0 Å². The van der Waals surface area contributed by atoms with E-state index < -0.39 is 11.4 Å². The molecular formula is C23H32N2O4S. The lowest BCUT2D eigenvalue weighted by Crippen LogP contribution is -2.53. The third kappa shape index (κ3) is 6.08. The fourth-order valence-electron chi connectivity index (χ4n) is 4.19. The first kappa shape index (κ1) is 22.8. The quantitative estimate of drug-likeness (QED) is 0.598. The third-order valence-electron chi connectivity index (χ3n) is 5.89. The first-order chi connectivity index (χ1) is 14.6. The van der Waals surface area contributed by atoms with Gasteiger partial charge in [-0.05, 0) is 30.9 Å². The van der Waals surface area contributed by atoms with Gasteiger partial charge in [0.1, 0.15) is 12.6 Å². The molecule has 3 rings (SSSR count). The highest BCUT2D eigenvalue weighted by Crippen LogP contribution is 2.30. The number of unbranched alkanes of at least 4 members (excludes halogenated alkanes) is 1. The predicted octanol–water partition coefficient (Wildman–Crippen LogP) is 3.96. The minimum absolute atomic E-state index is 0.0227. The van der Waals surface area contributed by atoms with Gasteiger partial charge in [-0.1, -0.05) is 63.6 Å². The third-order valence-corrected chi connectivity index (χ3v) is 6.84. The van der Waals surface area contributed by atoms with Crippen molar-refractivity contribution in [3.05, 3.63) is 35.9 Å². The van der Waals surface area contributed by atoms with E-state index in [1.807, 2.05) is 18.2 Å². The van der Waals surface area contributed by atoms with Gasteiger partial charge in [0.15, 0.2) is 11.2 Å². The first-order valence-corrected chi connectivity index (χ1v) is 11.9. The molecule has 0 unspecified atom stereocenters. The lowest BCUT2D eigenvalue weighted by Gasteiger charge is -2.33. The van der Waals surface area contributed by atoms with Crippen molar-refractivity contribution < 1.29 is 18.6 Å². The minimum Gasteiger partial charge on any atom is -0.340 e. The van der Waals surface area contributed by atoms with Crippen LogP contribution in [0.5, 0.6) is 0 Å². The summed E-state index contributed by atoms with van der Waals surface area (Å²) in [7, 11) is 0. The number of benzene rings is 1. The second-order valence-electron chi connectivity index (χ2n) is 8.19. The van der Waals surface area contributed by atoms with Crippen LogP contribution in [0.4, 0.5) is 0 Å². The average Bonchev–Trinajstić information content (AvgIpc) is 3.20. The molecule has 0 radical (unpaired) electrons. The summed E-state index contributed by atoms with van der Waals surface area (Å²) in [5.74, 6) is -0.0910. The SMILES string of the molecule is CCCCN(C(=O)[C@H](CC1CCCCC1)NC(=O)c1ccccc1)[C@@H]1SOCC1=O. The molecule has 30 heavy (non-hydrogen) atoms. The number of Topliss-reactive ketones (excluding diaryl/α,β-unsaturated/α-hetero) is 1. The first-order valence-electron chi connectivity index (χ1n) is 11.1. The molecule has 1 aromatic rings. The molecular weight excluding hydrogens is 400 g/mol. The highest BCUT2D eigenvalue weighted by molar-refractivity contribution is 7.96. The largest absolute Gasteiger partial charge is 0.340 e. The molecule has 2 atom stereocenters. The van der Waals surface area contributed by atoms with Crippen LogP contribution in [0, 0.1) is 5.92 Å². The van der Waals surface area contributed by atoms with Gasteiger partial charge in [0.2, 0.25) is 5.91 Å². The van der Waals surface area contributed by atoms with Crippen LogP contribution >= 0.6 is 12.0 Å². The van der Waals surface area contributed by atoms with Gasteiger partial charge in [-0.2, -0.15) is 0 Å². The van der Waals surface area contributed by atoms with Gasteiger partial charge in [-0.25, -0.2) is 0 Å². The Hall–Kier alpha value is -1.86. The number of rotatable bonds is 9. The molecule has 0 aromatic heterocycles. The maximum atomic E-state index is 13.6. The smallest absolute Gasteiger partial charge is 0.251 e. The Morgan fingerprint density at radius 1 is 1.20 bits per heavy atom. The normalized spacial score (nSPS) is 20.7.